The number of rotatable bonds is 7. The molecule has 1 heterocycles. The number of aromatic nitrogens is 1. The van der Waals surface area contributed by atoms with Crippen molar-refractivity contribution in [3.8, 4) is 22.8 Å². The van der Waals surface area contributed by atoms with Gasteiger partial charge in [-0.3, -0.25) is 0 Å². The highest BCUT2D eigenvalue weighted by Crippen LogP contribution is 2.42. The molecule has 0 aliphatic rings. The number of aromatic amines is 1. The van der Waals surface area contributed by atoms with E-state index in [1.165, 1.54) is 10.9 Å². The lowest BCUT2D eigenvalue weighted by molar-refractivity contribution is 0.356. The van der Waals surface area contributed by atoms with Gasteiger partial charge in [0, 0.05) is 16.0 Å². The van der Waals surface area contributed by atoms with Crippen LogP contribution in [0.15, 0.2) is 30.3 Å². The number of fused-ring (bicyclic) bond motifs is 1. The lowest BCUT2D eigenvalue weighted by Crippen LogP contribution is -2.00. The maximum Gasteiger partial charge on any atom is 0.170 e. The highest BCUT2D eigenvalue weighted by molar-refractivity contribution is 6.32. The summed E-state index contributed by atoms with van der Waals surface area (Å²) in [4.78, 5) is 3.59. The number of halogens is 1. The summed E-state index contributed by atoms with van der Waals surface area (Å²) in [6, 6.07) is 9.99. The maximum atomic E-state index is 6.35. The summed E-state index contributed by atoms with van der Waals surface area (Å²) in [7, 11) is 3.32. The highest BCUT2D eigenvalue weighted by atomic mass is 35.5. The Balaban J connectivity index is 2.25. The van der Waals surface area contributed by atoms with Crippen LogP contribution in [0.1, 0.15) is 24.0 Å². The molecule has 26 heavy (non-hydrogen) atoms. The van der Waals surface area contributed by atoms with Gasteiger partial charge in [-0.2, -0.15) is 0 Å². The van der Waals surface area contributed by atoms with Crippen LogP contribution in [0.25, 0.3) is 22.2 Å². The quantitative estimate of drug-likeness (QED) is 0.567. The van der Waals surface area contributed by atoms with Crippen LogP contribution in [0.3, 0.4) is 0 Å². The first kappa shape index (κ1) is 18.6. The Labute approximate surface area is 159 Å². The molecule has 1 aromatic heterocycles. The Morgan fingerprint density at radius 3 is 2.58 bits per heavy atom. The average molecular weight is 373 g/mol. The normalized spacial score (nSPS) is 11.1. The van der Waals surface area contributed by atoms with Crippen LogP contribution >= 0.6 is 11.6 Å². The van der Waals surface area contributed by atoms with Gasteiger partial charge in [-0.15, -0.1) is 0 Å². The van der Waals surface area contributed by atoms with Crippen LogP contribution in [-0.4, -0.2) is 25.7 Å². The summed E-state index contributed by atoms with van der Waals surface area (Å²) in [6.45, 7) is 2.74. The molecule has 5 heteroatoms. The second kappa shape index (κ2) is 8.02. The van der Waals surface area contributed by atoms with Crippen LogP contribution in [0, 0.1) is 6.92 Å². The lowest BCUT2D eigenvalue weighted by Gasteiger charge is -2.13. The molecular weight excluding hydrogens is 348 g/mol. The topological polar surface area (TPSA) is 60.3 Å². The van der Waals surface area contributed by atoms with E-state index in [1.54, 1.807) is 14.2 Å². The van der Waals surface area contributed by atoms with Crippen LogP contribution in [-0.2, 0) is 6.42 Å². The smallest absolute Gasteiger partial charge is 0.170 e. The lowest BCUT2D eigenvalue weighted by atomic mass is 9.99. The third-order valence-corrected chi connectivity index (χ3v) is 5.24. The standard InChI is InChI=1S/C21H25ClN2O2/c1-13-17(22)11-10-15-14(7-4-5-12-23)20(24-19(13)15)16-8-6-9-18(25-2)21(16)26-3/h6,8-11,24H,4-5,7,12,23H2,1-3H3. The van der Waals surface area contributed by atoms with Crippen molar-refractivity contribution in [2.75, 3.05) is 20.8 Å². The molecule has 0 saturated carbocycles. The van der Waals surface area contributed by atoms with E-state index < -0.39 is 0 Å². The molecule has 138 valence electrons. The maximum absolute atomic E-state index is 6.35. The molecule has 0 radical (unpaired) electrons. The van der Waals surface area contributed by atoms with Gasteiger partial charge < -0.3 is 20.2 Å². The van der Waals surface area contributed by atoms with Crippen LogP contribution in [0.4, 0.5) is 0 Å². The molecule has 4 nitrogen and oxygen atoms in total. The summed E-state index contributed by atoms with van der Waals surface area (Å²) in [5.41, 5.74) is 11.1. The molecule has 0 fully saturated rings. The number of hydrogen-bond donors (Lipinski definition) is 2. The van der Waals surface area contributed by atoms with Crippen molar-refractivity contribution >= 4 is 22.5 Å². The van der Waals surface area contributed by atoms with Gasteiger partial charge in [0.25, 0.3) is 0 Å². The Hall–Kier alpha value is -2.17. The second-order valence-corrected chi connectivity index (χ2v) is 6.77. The molecule has 0 saturated heterocycles. The minimum absolute atomic E-state index is 0.699. The number of unbranched alkanes of at least 4 members (excludes halogenated alkanes) is 1. The number of nitrogens with two attached hydrogens (primary N) is 1. The van der Waals surface area contributed by atoms with Crippen molar-refractivity contribution in [3.63, 3.8) is 0 Å². The summed E-state index contributed by atoms with van der Waals surface area (Å²) in [5, 5.41) is 1.96. The fraction of sp³-hybridized carbons (Fsp3) is 0.333. The minimum atomic E-state index is 0.699. The fourth-order valence-electron chi connectivity index (χ4n) is 3.45. The van der Waals surface area contributed by atoms with E-state index in [0.717, 1.165) is 52.4 Å². The van der Waals surface area contributed by atoms with Crippen LogP contribution < -0.4 is 15.2 Å². The van der Waals surface area contributed by atoms with Gasteiger partial charge >= 0.3 is 0 Å². The van der Waals surface area contributed by atoms with Gasteiger partial charge in [-0.1, -0.05) is 23.7 Å². The largest absolute Gasteiger partial charge is 0.493 e. The van der Waals surface area contributed by atoms with Crippen molar-refractivity contribution in [1.82, 2.24) is 4.98 Å². The molecule has 0 spiro atoms. The number of ether oxygens (including phenoxy) is 2. The van der Waals surface area contributed by atoms with Crippen molar-refractivity contribution < 1.29 is 9.47 Å². The molecule has 0 unspecified atom stereocenters. The molecule has 0 amide bonds. The Kier molecular flexibility index (Phi) is 5.74. The Morgan fingerprint density at radius 1 is 1.08 bits per heavy atom. The van der Waals surface area contributed by atoms with Gasteiger partial charge in [-0.05, 0) is 62.1 Å². The molecule has 3 aromatic rings. The van der Waals surface area contributed by atoms with E-state index in [2.05, 4.69) is 17.1 Å². The third kappa shape index (κ3) is 3.27. The number of benzene rings is 2. The van der Waals surface area contributed by atoms with Crippen LogP contribution in [0.5, 0.6) is 11.5 Å². The predicted octanol–water partition coefficient (Wildman–Crippen LogP) is 5.10. The molecule has 2 aromatic carbocycles. The molecule has 0 aliphatic carbocycles. The first-order valence-electron chi connectivity index (χ1n) is 8.83. The van der Waals surface area contributed by atoms with Crippen molar-refractivity contribution in [1.29, 1.82) is 0 Å². The summed E-state index contributed by atoms with van der Waals surface area (Å²) >= 11 is 6.35. The first-order chi connectivity index (χ1) is 12.6. The van der Waals surface area contributed by atoms with E-state index >= 15 is 0 Å². The summed E-state index contributed by atoms with van der Waals surface area (Å²) in [6.07, 6.45) is 2.96. The van der Waals surface area contributed by atoms with E-state index in [-0.39, 0.29) is 0 Å². The van der Waals surface area contributed by atoms with Gasteiger partial charge in [-0.25, -0.2) is 0 Å². The molecular formula is C21H25ClN2O2. The Bertz CT molecular complexity index is 918. The zero-order valence-electron chi connectivity index (χ0n) is 15.5. The molecule has 0 atom stereocenters. The average Bonchev–Trinajstić information content (AvgIpc) is 3.03. The summed E-state index contributed by atoms with van der Waals surface area (Å²) in [5.74, 6) is 1.44. The highest BCUT2D eigenvalue weighted by Gasteiger charge is 2.20. The number of methoxy groups -OCH3 is 2. The van der Waals surface area contributed by atoms with E-state index in [9.17, 15) is 0 Å². The molecule has 0 aliphatic heterocycles. The van der Waals surface area contributed by atoms with E-state index in [1.807, 2.05) is 25.1 Å². The number of nitrogens with one attached hydrogen (secondary N) is 1. The van der Waals surface area contributed by atoms with Gasteiger partial charge in [0.2, 0.25) is 0 Å². The van der Waals surface area contributed by atoms with Gasteiger partial charge in [0.15, 0.2) is 11.5 Å². The number of hydrogen-bond acceptors (Lipinski definition) is 3. The third-order valence-electron chi connectivity index (χ3n) is 4.83. The number of para-hydroxylation sites is 1. The van der Waals surface area contributed by atoms with Gasteiger partial charge in [0.1, 0.15) is 0 Å². The second-order valence-electron chi connectivity index (χ2n) is 6.36. The van der Waals surface area contributed by atoms with Gasteiger partial charge in [0.05, 0.1) is 25.4 Å². The Morgan fingerprint density at radius 2 is 1.88 bits per heavy atom. The van der Waals surface area contributed by atoms with Crippen molar-refractivity contribution in [2.45, 2.75) is 26.2 Å². The monoisotopic (exact) mass is 372 g/mol. The number of H-pyrrole nitrogens is 1. The molecule has 3 N–H and O–H groups in total. The SMILES string of the molecule is COc1cccc(-c2[nH]c3c(C)c(Cl)ccc3c2CCCCN)c1OC. The first-order valence-corrected chi connectivity index (χ1v) is 9.21. The van der Waals surface area contributed by atoms with Crippen molar-refractivity contribution in [3.05, 3.63) is 46.5 Å². The van der Waals surface area contributed by atoms with E-state index in [4.69, 9.17) is 26.8 Å². The molecule has 3 rings (SSSR count). The molecule has 0 bridgehead atoms. The number of aryl methyl sites for hydroxylation is 2. The fourth-order valence-corrected chi connectivity index (χ4v) is 3.61. The van der Waals surface area contributed by atoms with Crippen LogP contribution in [0.2, 0.25) is 5.02 Å². The van der Waals surface area contributed by atoms with E-state index in [0.29, 0.717) is 12.3 Å². The minimum Gasteiger partial charge on any atom is -0.493 e. The van der Waals surface area contributed by atoms with Crippen molar-refractivity contribution in [2.24, 2.45) is 5.73 Å². The predicted molar refractivity (Wildman–Crippen MR) is 109 cm³/mol. The summed E-state index contributed by atoms with van der Waals surface area (Å²) < 4.78 is 11.1. The zero-order valence-corrected chi connectivity index (χ0v) is 16.2. The zero-order chi connectivity index (χ0) is 18.7.